The predicted molar refractivity (Wildman–Crippen MR) is 73.3 cm³/mol. The van der Waals surface area contributed by atoms with Crippen LogP contribution in [0.2, 0.25) is 0 Å². The van der Waals surface area contributed by atoms with E-state index in [0.717, 1.165) is 12.8 Å². The lowest BCUT2D eigenvalue weighted by molar-refractivity contribution is 1.14. The number of hydrogen-bond acceptors (Lipinski definition) is 1. The van der Waals surface area contributed by atoms with Crippen LogP contribution in [0.15, 0.2) is 18.2 Å². The van der Waals surface area contributed by atoms with Crippen LogP contribution in [-0.4, -0.2) is 0 Å². The minimum absolute atomic E-state index is 1.13. The fourth-order valence-corrected chi connectivity index (χ4v) is 3.61. The van der Waals surface area contributed by atoms with Crippen LogP contribution in [0, 0.1) is 3.57 Å². The highest BCUT2D eigenvalue weighted by molar-refractivity contribution is 14.1. The summed E-state index contributed by atoms with van der Waals surface area (Å²) in [6.07, 6.45) is 2.29. The summed E-state index contributed by atoms with van der Waals surface area (Å²) < 4.78 is 2.84. The Morgan fingerprint density at radius 2 is 2.00 bits per heavy atom. The summed E-state index contributed by atoms with van der Waals surface area (Å²) in [7, 11) is 0. The van der Waals surface area contributed by atoms with Gasteiger partial charge in [-0.15, -0.1) is 11.3 Å². The Hall–Kier alpha value is -0.0900. The van der Waals surface area contributed by atoms with Crippen molar-refractivity contribution in [1.29, 1.82) is 0 Å². The van der Waals surface area contributed by atoms with E-state index in [0.29, 0.717) is 0 Å². The van der Waals surface area contributed by atoms with Gasteiger partial charge in [0.2, 0.25) is 0 Å². The summed E-state index contributed by atoms with van der Waals surface area (Å²) in [5.74, 6) is 0. The molecule has 14 heavy (non-hydrogen) atoms. The zero-order valence-electron chi connectivity index (χ0n) is 8.43. The molecule has 1 aromatic carbocycles. The highest BCUT2D eigenvalue weighted by Gasteiger charge is 2.07. The molecule has 0 nitrogen and oxygen atoms in total. The molecular formula is C12H13IS. The smallest absolute Gasteiger partial charge is 0.0349 e. The molecule has 0 spiro atoms. The Kier molecular flexibility index (Phi) is 3.12. The van der Waals surface area contributed by atoms with E-state index in [9.17, 15) is 0 Å². The van der Waals surface area contributed by atoms with Gasteiger partial charge in [0.05, 0.1) is 0 Å². The molecule has 2 heteroatoms. The van der Waals surface area contributed by atoms with Gasteiger partial charge in [-0.3, -0.25) is 0 Å². The van der Waals surface area contributed by atoms with Gasteiger partial charge in [0, 0.05) is 13.1 Å². The molecule has 0 aliphatic carbocycles. The molecule has 0 atom stereocenters. The van der Waals surface area contributed by atoms with Crippen LogP contribution in [0.25, 0.3) is 10.1 Å². The third-order valence-electron chi connectivity index (χ3n) is 2.51. The zero-order valence-corrected chi connectivity index (χ0v) is 11.4. The molecule has 0 bridgehead atoms. The van der Waals surface area contributed by atoms with E-state index in [1.807, 2.05) is 11.3 Å². The molecule has 0 fully saturated rings. The van der Waals surface area contributed by atoms with E-state index in [1.165, 1.54) is 24.1 Å². The van der Waals surface area contributed by atoms with E-state index in [2.05, 4.69) is 54.6 Å². The topological polar surface area (TPSA) is 0 Å². The quantitative estimate of drug-likeness (QED) is 0.709. The number of thiophene rings is 1. The predicted octanol–water partition coefficient (Wildman–Crippen LogP) is 4.63. The number of aryl methyl sites for hydroxylation is 2. The lowest BCUT2D eigenvalue weighted by Crippen LogP contribution is -1.85. The molecule has 1 aromatic heterocycles. The van der Waals surface area contributed by atoms with Crippen molar-refractivity contribution in [1.82, 2.24) is 0 Å². The number of rotatable bonds is 2. The fourth-order valence-electron chi connectivity index (χ4n) is 1.73. The molecule has 74 valence electrons. The first kappa shape index (κ1) is 10.4. The first-order valence-electron chi connectivity index (χ1n) is 4.96. The Bertz CT molecular complexity index is 457. The van der Waals surface area contributed by atoms with Crippen molar-refractivity contribution in [2.45, 2.75) is 26.7 Å². The van der Waals surface area contributed by atoms with Crippen LogP contribution in [0.3, 0.4) is 0 Å². The summed E-state index contributed by atoms with van der Waals surface area (Å²) in [6.45, 7) is 4.46. The lowest BCUT2D eigenvalue weighted by atomic mass is 10.1. The first-order chi connectivity index (χ1) is 6.76. The summed E-state index contributed by atoms with van der Waals surface area (Å²) in [5, 5.41) is 1.47. The lowest BCUT2D eigenvalue weighted by Gasteiger charge is -2.02. The third-order valence-corrected chi connectivity index (χ3v) is 4.76. The molecule has 0 N–H and O–H groups in total. The minimum atomic E-state index is 1.13. The number of halogens is 1. The Morgan fingerprint density at radius 3 is 2.64 bits per heavy atom. The Balaban J connectivity index is 2.73. The largest absolute Gasteiger partial charge is 0.140 e. The van der Waals surface area contributed by atoms with Gasteiger partial charge in [-0.25, -0.2) is 0 Å². The maximum atomic E-state index is 2.43. The van der Waals surface area contributed by atoms with Crippen LogP contribution < -0.4 is 0 Å². The van der Waals surface area contributed by atoms with Crippen molar-refractivity contribution in [3.05, 3.63) is 32.2 Å². The van der Waals surface area contributed by atoms with Gasteiger partial charge < -0.3 is 0 Å². The number of fused-ring (bicyclic) bond motifs is 1. The van der Waals surface area contributed by atoms with E-state index < -0.39 is 0 Å². The van der Waals surface area contributed by atoms with Gasteiger partial charge >= 0.3 is 0 Å². The molecule has 2 aromatic rings. The normalized spacial score (nSPS) is 11.1. The first-order valence-corrected chi connectivity index (χ1v) is 6.85. The molecule has 0 saturated carbocycles. The average Bonchev–Trinajstić information content (AvgIpc) is 2.60. The van der Waals surface area contributed by atoms with E-state index in [1.54, 1.807) is 0 Å². The second-order valence-corrected chi connectivity index (χ2v) is 5.69. The van der Waals surface area contributed by atoms with Gasteiger partial charge in [0.15, 0.2) is 0 Å². The maximum absolute atomic E-state index is 2.43. The monoisotopic (exact) mass is 316 g/mol. The average molecular weight is 316 g/mol. The molecule has 1 heterocycles. The maximum Gasteiger partial charge on any atom is 0.0349 e. The zero-order chi connectivity index (χ0) is 10.1. The summed E-state index contributed by atoms with van der Waals surface area (Å²) in [6, 6.07) is 6.85. The van der Waals surface area contributed by atoms with Crippen LogP contribution in [-0.2, 0) is 12.8 Å². The van der Waals surface area contributed by atoms with Crippen LogP contribution in [0.5, 0.6) is 0 Å². The minimum Gasteiger partial charge on any atom is -0.140 e. The highest BCUT2D eigenvalue weighted by Crippen LogP contribution is 2.31. The molecule has 0 radical (unpaired) electrons. The fraction of sp³-hybridized carbons (Fsp3) is 0.333. The van der Waals surface area contributed by atoms with Crippen LogP contribution in [0.4, 0.5) is 0 Å². The van der Waals surface area contributed by atoms with Crippen molar-refractivity contribution in [2.75, 3.05) is 0 Å². The van der Waals surface area contributed by atoms with Gasteiger partial charge in [-0.2, -0.15) is 0 Å². The number of benzene rings is 1. The molecule has 0 unspecified atom stereocenters. The standard InChI is InChI=1S/C12H13IS/c1-3-8-7-10-9(4-2)11(13)5-6-12(10)14-8/h5-7H,3-4H2,1-2H3. The van der Waals surface area contributed by atoms with E-state index >= 15 is 0 Å². The molecule has 0 saturated heterocycles. The van der Waals surface area contributed by atoms with Gasteiger partial charge in [0.1, 0.15) is 0 Å². The summed E-state index contributed by atoms with van der Waals surface area (Å²) >= 11 is 4.37. The van der Waals surface area contributed by atoms with E-state index in [4.69, 9.17) is 0 Å². The van der Waals surface area contributed by atoms with Crippen LogP contribution >= 0.6 is 33.9 Å². The molecule has 0 amide bonds. The second-order valence-electron chi connectivity index (χ2n) is 3.36. The van der Waals surface area contributed by atoms with Crippen LogP contribution in [0.1, 0.15) is 24.3 Å². The van der Waals surface area contributed by atoms with Crippen molar-refractivity contribution in [3.8, 4) is 0 Å². The highest BCUT2D eigenvalue weighted by atomic mass is 127. The Labute approximate surface area is 102 Å². The van der Waals surface area contributed by atoms with Crippen molar-refractivity contribution in [2.24, 2.45) is 0 Å². The molecule has 0 aliphatic heterocycles. The SMILES string of the molecule is CCc1cc2c(CC)c(I)ccc2s1. The number of hydrogen-bond donors (Lipinski definition) is 0. The molecule has 2 rings (SSSR count). The third kappa shape index (κ3) is 1.70. The summed E-state index contributed by atoms with van der Waals surface area (Å²) in [4.78, 5) is 1.50. The van der Waals surface area contributed by atoms with Crippen molar-refractivity contribution in [3.63, 3.8) is 0 Å². The van der Waals surface area contributed by atoms with Crippen molar-refractivity contribution < 1.29 is 0 Å². The van der Waals surface area contributed by atoms with Gasteiger partial charge in [-0.05, 0) is 64.6 Å². The van der Waals surface area contributed by atoms with Gasteiger partial charge in [-0.1, -0.05) is 13.8 Å². The van der Waals surface area contributed by atoms with Crippen molar-refractivity contribution >= 4 is 44.0 Å². The molecule has 0 aliphatic rings. The summed E-state index contributed by atoms with van der Waals surface area (Å²) in [5.41, 5.74) is 1.51. The molecular weight excluding hydrogens is 303 g/mol. The van der Waals surface area contributed by atoms with E-state index in [-0.39, 0.29) is 0 Å². The second kappa shape index (κ2) is 4.19. The Morgan fingerprint density at radius 1 is 1.21 bits per heavy atom. The van der Waals surface area contributed by atoms with Gasteiger partial charge in [0.25, 0.3) is 0 Å².